The van der Waals surface area contributed by atoms with Crippen LogP contribution in [0.15, 0.2) is 34.0 Å². The first-order valence-corrected chi connectivity index (χ1v) is 9.00. The Hall–Kier alpha value is -2.01. The van der Waals surface area contributed by atoms with Crippen LogP contribution >= 0.6 is 11.3 Å². The van der Waals surface area contributed by atoms with E-state index in [2.05, 4.69) is 38.5 Å². The van der Waals surface area contributed by atoms with Crippen molar-refractivity contribution in [2.24, 2.45) is 4.99 Å². The molecule has 0 radical (unpaired) electrons. The second kappa shape index (κ2) is 7.51. The summed E-state index contributed by atoms with van der Waals surface area (Å²) in [6, 6.07) is 5.99. The number of aliphatic imine (C=N–C) groups is 1. The van der Waals surface area contributed by atoms with Crippen LogP contribution in [-0.4, -0.2) is 18.1 Å². The third kappa shape index (κ3) is 3.85. The molecule has 122 valence electrons. The molecule has 1 aliphatic rings. The number of nitrogens with zero attached hydrogens (tertiary/aromatic N) is 1. The Bertz CT molecular complexity index is 680. The van der Waals surface area contributed by atoms with Crippen molar-refractivity contribution in [2.45, 2.75) is 38.8 Å². The van der Waals surface area contributed by atoms with Gasteiger partial charge in [0.25, 0.3) is 0 Å². The lowest BCUT2D eigenvalue weighted by atomic mass is 9.88. The van der Waals surface area contributed by atoms with Gasteiger partial charge < -0.3 is 15.7 Å². The zero-order chi connectivity index (χ0) is 16.1. The summed E-state index contributed by atoms with van der Waals surface area (Å²) in [5, 5.41) is 21.1. The van der Waals surface area contributed by atoms with Crippen LogP contribution in [0.1, 0.15) is 35.1 Å². The fraction of sp³-hybridized carbons (Fsp3) is 0.389. The van der Waals surface area contributed by atoms with E-state index in [9.17, 15) is 5.11 Å². The number of fused-ring (bicyclic) bond motifs is 1. The molecule has 5 heteroatoms. The Morgan fingerprint density at radius 2 is 2.00 bits per heavy atom. The minimum atomic E-state index is 0.381. The monoisotopic (exact) mass is 329 g/mol. The van der Waals surface area contributed by atoms with Crippen LogP contribution in [0.2, 0.25) is 0 Å². The van der Waals surface area contributed by atoms with Crippen LogP contribution in [0.25, 0.3) is 0 Å². The Kier molecular flexibility index (Phi) is 5.18. The number of phenolic OH excluding ortho intramolecular Hbond substituents is 1. The number of aromatic hydroxyl groups is 1. The van der Waals surface area contributed by atoms with E-state index in [-0.39, 0.29) is 0 Å². The Labute approximate surface area is 141 Å². The van der Waals surface area contributed by atoms with Crippen molar-refractivity contribution in [3.8, 4) is 5.75 Å². The van der Waals surface area contributed by atoms with E-state index >= 15 is 0 Å². The molecule has 1 aliphatic carbocycles. The number of nitrogens with one attached hydrogen (secondary N) is 2. The van der Waals surface area contributed by atoms with E-state index in [1.54, 1.807) is 18.4 Å². The van der Waals surface area contributed by atoms with Crippen molar-refractivity contribution in [3.63, 3.8) is 0 Å². The molecule has 23 heavy (non-hydrogen) atoms. The summed E-state index contributed by atoms with van der Waals surface area (Å²) >= 11 is 1.69. The lowest BCUT2D eigenvalue weighted by Gasteiger charge is -2.21. The Morgan fingerprint density at radius 1 is 1.17 bits per heavy atom. The van der Waals surface area contributed by atoms with Crippen molar-refractivity contribution in [3.05, 3.63) is 51.2 Å². The molecule has 4 nitrogen and oxygen atoms in total. The molecule has 2 aromatic rings. The van der Waals surface area contributed by atoms with Crippen molar-refractivity contribution in [1.29, 1.82) is 0 Å². The highest BCUT2D eigenvalue weighted by atomic mass is 32.1. The number of hydrogen-bond donors (Lipinski definition) is 3. The van der Waals surface area contributed by atoms with Gasteiger partial charge in [-0.25, -0.2) is 0 Å². The summed E-state index contributed by atoms with van der Waals surface area (Å²) in [5.41, 5.74) is 4.96. The van der Waals surface area contributed by atoms with Crippen molar-refractivity contribution in [1.82, 2.24) is 10.6 Å². The molecule has 0 bridgehead atoms. The number of guanidine groups is 1. The van der Waals surface area contributed by atoms with Gasteiger partial charge in [-0.1, -0.05) is 6.07 Å². The molecule has 3 rings (SSSR count). The summed E-state index contributed by atoms with van der Waals surface area (Å²) in [6.07, 6.45) is 4.62. The Balaban J connectivity index is 1.65. The first kappa shape index (κ1) is 15.9. The predicted molar refractivity (Wildman–Crippen MR) is 96.1 cm³/mol. The van der Waals surface area contributed by atoms with Gasteiger partial charge in [0.2, 0.25) is 0 Å². The maximum Gasteiger partial charge on any atom is 0.191 e. The van der Waals surface area contributed by atoms with E-state index in [4.69, 9.17) is 0 Å². The van der Waals surface area contributed by atoms with Gasteiger partial charge in [-0.3, -0.25) is 4.99 Å². The van der Waals surface area contributed by atoms with E-state index in [0.29, 0.717) is 12.3 Å². The quantitative estimate of drug-likeness (QED) is 0.596. The summed E-state index contributed by atoms with van der Waals surface area (Å²) in [7, 11) is 1.77. The average molecular weight is 329 g/mol. The third-order valence-corrected chi connectivity index (χ3v) is 5.05. The average Bonchev–Trinajstić information content (AvgIpc) is 3.10. The topological polar surface area (TPSA) is 56.7 Å². The molecule has 0 unspecified atom stereocenters. The summed E-state index contributed by atoms with van der Waals surface area (Å²) in [6.45, 7) is 1.35. The van der Waals surface area contributed by atoms with Gasteiger partial charge in [0.1, 0.15) is 5.75 Å². The fourth-order valence-corrected chi connectivity index (χ4v) is 3.73. The van der Waals surface area contributed by atoms with E-state index in [0.717, 1.165) is 30.9 Å². The van der Waals surface area contributed by atoms with E-state index in [1.807, 2.05) is 6.07 Å². The van der Waals surface area contributed by atoms with Gasteiger partial charge in [-0.2, -0.15) is 11.3 Å². The van der Waals surface area contributed by atoms with Gasteiger partial charge in [0, 0.05) is 25.7 Å². The summed E-state index contributed by atoms with van der Waals surface area (Å²) < 4.78 is 0. The summed E-state index contributed by atoms with van der Waals surface area (Å²) in [5.74, 6) is 1.13. The first-order chi connectivity index (χ1) is 11.3. The Morgan fingerprint density at radius 3 is 2.78 bits per heavy atom. The molecular formula is C18H23N3OS. The minimum Gasteiger partial charge on any atom is -0.508 e. The standard InChI is InChI=1S/C18H23N3OS/c1-19-18(20-10-13-8-9-23-12-13)21-11-16-15-5-3-2-4-14(15)6-7-17(16)22/h6-9,12,22H,2-5,10-11H2,1H3,(H2,19,20,21). The highest BCUT2D eigenvalue weighted by Crippen LogP contribution is 2.30. The molecule has 0 fully saturated rings. The molecule has 1 heterocycles. The maximum absolute atomic E-state index is 10.2. The number of phenols is 1. The first-order valence-electron chi connectivity index (χ1n) is 8.06. The number of rotatable bonds is 4. The largest absolute Gasteiger partial charge is 0.508 e. The number of benzene rings is 1. The van der Waals surface area contributed by atoms with E-state index < -0.39 is 0 Å². The third-order valence-electron chi connectivity index (χ3n) is 4.32. The van der Waals surface area contributed by atoms with Gasteiger partial charge >= 0.3 is 0 Å². The zero-order valence-electron chi connectivity index (χ0n) is 13.4. The van der Waals surface area contributed by atoms with Gasteiger partial charge in [-0.05, 0) is 65.3 Å². The lowest BCUT2D eigenvalue weighted by molar-refractivity contribution is 0.464. The molecule has 0 amide bonds. The van der Waals surface area contributed by atoms with Crippen molar-refractivity contribution in [2.75, 3.05) is 7.05 Å². The highest BCUT2D eigenvalue weighted by molar-refractivity contribution is 7.07. The van der Waals surface area contributed by atoms with Crippen LogP contribution in [0.3, 0.4) is 0 Å². The normalized spacial score (nSPS) is 14.4. The number of hydrogen-bond acceptors (Lipinski definition) is 3. The molecular weight excluding hydrogens is 306 g/mol. The molecule has 1 aromatic heterocycles. The molecule has 0 atom stereocenters. The second-order valence-corrected chi connectivity index (χ2v) is 6.60. The molecule has 0 spiro atoms. The van der Waals surface area contributed by atoms with Crippen LogP contribution in [0.5, 0.6) is 5.75 Å². The predicted octanol–water partition coefficient (Wildman–Crippen LogP) is 3.20. The molecule has 0 saturated carbocycles. The maximum atomic E-state index is 10.2. The van der Waals surface area contributed by atoms with Gasteiger partial charge in [0.05, 0.1) is 0 Å². The van der Waals surface area contributed by atoms with Crippen LogP contribution in [0, 0.1) is 0 Å². The van der Waals surface area contributed by atoms with Gasteiger partial charge in [-0.15, -0.1) is 0 Å². The highest BCUT2D eigenvalue weighted by Gasteiger charge is 2.16. The smallest absolute Gasteiger partial charge is 0.191 e. The molecule has 0 aliphatic heterocycles. The van der Waals surface area contributed by atoms with Crippen molar-refractivity contribution < 1.29 is 5.11 Å². The minimum absolute atomic E-state index is 0.381. The molecule has 1 aromatic carbocycles. The fourth-order valence-electron chi connectivity index (χ4n) is 3.06. The lowest BCUT2D eigenvalue weighted by Crippen LogP contribution is -2.36. The van der Waals surface area contributed by atoms with Crippen LogP contribution in [0.4, 0.5) is 0 Å². The van der Waals surface area contributed by atoms with Gasteiger partial charge in [0.15, 0.2) is 5.96 Å². The SMILES string of the molecule is CN=C(NCc1ccsc1)NCc1c(O)ccc2c1CCCC2. The van der Waals surface area contributed by atoms with Crippen LogP contribution < -0.4 is 10.6 Å². The van der Waals surface area contributed by atoms with Crippen LogP contribution in [-0.2, 0) is 25.9 Å². The molecule has 0 saturated heterocycles. The summed E-state index contributed by atoms with van der Waals surface area (Å²) in [4.78, 5) is 4.26. The number of thiophene rings is 1. The van der Waals surface area contributed by atoms with Crippen molar-refractivity contribution >= 4 is 17.3 Å². The zero-order valence-corrected chi connectivity index (χ0v) is 14.2. The number of aryl methyl sites for hydroxylation is 1. The van der Waals surface area contributed by atoms with E-state index in [1.165, 1.54) is 29.5 Å². The second-order valence-electron chi connectivity index (χ2n) is 5.82. The molecule has 3 N–H and O–H groups in total.